The van der Waals surface area contributed by atoms with Gasteiger partial charge in [0.2, 0.25) is 5.91 Å². The molecule has 1 aromatic heterocycles. The second-order valence-electron chi connectivity index (χ2n) is 5.30. The normalized spacial score (nSPS) is 21.9. The number of ether oxygens (including phenoxy) is 1. The molecule has 112 valence electrons. The van der Waals surface area contributed by atoms with Gasteiger partial charge in [0.15, 0.2) is 0 Å². The van der Waals surface area contributed by atoms with E-state index in [4.69, 9.17) is 4.74 Å². The van der Waals surface area contributed by atoms with E-state index in [0.29, 0.717) is 13.2 Å². The fourth-order valence-electron chi connectivity index (χ4n) is 2.30. The average molecular weight is 291 g/mol. The first-order valence-corrected chi connectivity index (χ1v) is 6.98. The Kier molecular flexibility index (Phi) is 3.74. The number of amides is 2. The van der Waals surface area contributed by atoms with Crippen LogP contribution in [0.1, 0.15) is 23.2 Å². The van der Waals surface area contributed by atoms with E-state index in [9.17, 15) is 14.7 Å². The lowest BCUT2D eigenvalue weighted by molar-refractivity contribution is -0.130. The number of hydrogen-bond acceptors (Lipinski definition) is 5. The summed E-state index contributed by atoms with van der Waals surface area (Å²) in [6.45, 7) is 0.930. The molecule has 21 heavy (non-hydrogen) atoms. The number of carbonyl (C=O) groups is 2. The van der Waals surface area contributed by atoms with Gasteiger partial charge in [-0.3, -0.25) is 14.6 Å². The molecule has 1 aliphatic carbocycles. The summed E-state index contributed by atoms with van der Waals surface area (Å²) < 4.78 is 5.33. The highest BCUT2D eigenvalue weighted by Crippen LogP contribution is 2.20. The first-order valence-electron chi connectivity index (χ1n) is 6.98. The van der Waals surface area contributed by atoms with Gasteiger partial charge in [0, 0.05) is 18.8 Å². The molecule has 0 radical (unpaired) electrons. The summed E-state index contributed by atoms with van der Waals surface area (Å²) in [6, 6.07) is 0.953. The molecule has 7 nitrogen and oxygen atoms in total. The molecule has 2 N–H and O–H groups in total. The summed E-state index contributed by atoms with van der Waals surface area (Å²) in [6.07, 6.45) is 4.62. The van der Waals surface area contributed by atoms with Gasteiger partial charge in [-0.25, -0.2) is 0 Å². The maximum atomic E-state index is 12.5. The molecule has 0 spiro atoms. The van der Waals surface area contributed by atoms with Crippen molar-refractivity contribution >= 4 is 11.8 Å². The molecule has 1 aromatic rings. The van der Waals surface area contributed by atoms with Gasteiger partial charge in [-0.05, 0) is 18.9 Å². The van der Waals surface area contributed by atoms with Gasteiger partial charge in [0.1, 0.15) is 11.8 Å². The number of hydrogen-bond donors (Lipinski definition) is 2. The van der Waals surface area contributed by atoms with E-state index in [1.807, 2.05) is 0 Å². The molecular formula is C14H17N3O4. The van der Waals surface area contributed by atoms with Gasteiger partial charge in [0.05, 0.1) is 25.0 Å². The van der Waals surface area contributed by atoms with Gasteiger partial charge in [0.25, 0.3) is 5.91 Å². The molecule has 1 aliphatic heterocycles. The average Bonchev–Trinajstić information content (AvgIpc) is 3.30. The van der Waals surface area contributed by atoms with E-state index in [0.717, 1.165) is 12.8 Å². The topological polar surface area (TPSA) is 91.8 Å². The zero-order chi connectivity index (χ0) is 14.8. The fourth-order valence-corrected chi connectivity index (χ4v) is 2.30. The van der Waals surface area contributed by atoms with E-state index in [1.54, 1.807) is 0 Å². The van der Waals surface area contributed by atoms with Crippen molar-refractivity contribution in [2.24, 2.45) is 0 Å². The van der Waals surface area contributed by atoms with Crippen molar-refractivity contribution in [3.8, 4) is 5.75 Å². The van der Waals surface area contributed by atoms with Crippen LogP contribution in [0.15, 0.2) is 18.5 Å². The molecule has 1 saturated heterocycles. The number of aromatic nitrogens is 1. The van der Waals surface area contributed by atoms with Crippen LogP contribution >= 0.6 is 0 Å². The maximum Gasteiger partial charge on any atom is 0.256 e. The number of pyridine rings is 1. The third-order valence-corrected chi connectivity index (χ3v) is 3.59. The maximum absolute atomic E-state index is 12.5. The quantitative estimate of drug-likeness (QED) is 0.812. The number of aromatic hydroxyl groups is 1. The third kappa shape index (κ3) is 3.13. The Hall–Kier alpha value is -2.15. The predicted octanol–water partition coefficient (Wildman–Crippen LogP) is -0.0932. The van der Waals surface area contributed by atoms with Gasteiger partial charge in [-0.15, -0.1) is 0 Å². The number of rotatable bonds is 3. The largest absolute Gasteiger partial charge is 0.506 e. The van der Waals surface area contributed by atoms with Crippen molar-refractivity contribution < 1.29 is 19.4 Å². The van der Waals surface area contributed by atoms with Crippen LogP contribution in [0.4, 0.5) is 0 Å². The van der Waals surface area contributed by atoms with Gasteiger partial charge in [-0.2, -0.15) is 0 Å². The lowest BCUT2D eigenvalue weighted by atomic mass is 10.1. The van der Waals surface area contributed by atoms with Crippen LogP contribution in [0.3, 0.4) is 0 Å². The second-order valence-corrected chi connectivity index (χ2v) is 5.30. The molecule has 2 aliphatic rings. The molecule has 0 aromatic carbocycles. The monoisotopic (exact) mass is 291 g/mol. The Morgan fingerprint density at radius 2 is 2.19 bits per heavy atom. The van der Waals surface area contributed by atoms with E-state index in [2.05, 4.69) is 10.3 Å². The van der Waals surface area contributed by atoms with Crippen LogP contribution in [-0.2, 0) is 9.53 Å². The molecule has 0 bridgehead atoms. The molecule has 2 fully saturated rings. The number of nitrogens with zero attached hydrogens (tertiary/aromatic N) is 2. The van der Waals surface area contributed by atoms with Crippen molar-refractivity contribution in [1.29, 1.82) is 0 Å². The first kappa shape index (κ1) is 13.8. The van der Waals surface area contributed by atoms with E-state index < -0.39 is 6.04 Å². The summed E-state index contributed by atoms with van der Waals surface area (Å²) in [4.78, 5) is 30.0. The third-order valence-electron chi connectivity index (χ3n) is 3.59. The van der Waals surface area contributed by atoms with Crippen LogP contribution < -0.4 is 5.32 Å². The highest BCUT2D eigenvalue weighted by Gasteiger charge is 2.36. The predicted molar refractivity (Wildman–Crippen MR) is 72.7 cm³/mol. The molecule has 1 saturated carbocycles. The minimum atomic E-state index is -0.630. The summed E-state index contributed by atoms with van der Waals surface area (Å²) >= 11 is 0. The standard InChI is InChI=1S/C14H17N3O4/c18-11-5-9(6-15-7-11)14(20)17-3-4-21-8-12(17)13(19)16-10-1-2-10/h5-7,10,12,18H,1-4,8H2,(H,16,19). The second kappa shape index (κ2) is 5.69. The number of carbonyl (C=O) groups excluding carboxylic acids is 2. The zero-order valence-electron chi connectivity index (χ0n) is 11.5. The van der Waals surface area contributed by atoms with Crippen molar-refractivity contribution in [2.75, 3.05) is 19.8 Å². The number of nitrogens with one attached hydrogen (secondary N) is 1. The van der Waals surface area contributed by atoms with Gasteiger partial charge < -0.3 is 20.1 Å². The van der Waals surface area contributed by atoms with Crippen molar-refractivity contribution in [3.05, 3.63) is 24.0 Å². The SMILES string of the molecule is O=C(NC1CC1)C1COCCN1C(=O)c1cncc(O)c1. The summed E-state index contributed by atoms with van der Waals surface area (Å²) in [5.41, 5.74) is 0.265. The van der Waals surface area contributed by atoms with E-state index in [-0.39, 0.29) is 35.8 Å². The Morgan fingerprint density at radius 1 is 1.38 bits per heavy atom. The van der Waals surface area contributed by atoms with Crippen molar-refractivity contribution in [1.82, 2.24) is 15.2 Å². The summed E-state index contributed by atoms with van der Waals surface area (Å²) in [7, 11) is 0. The van der Waals surface area contributed by atoms with Crippen LogP contribution in [0.25, 0.3) is 0 Å². The molecular weight excluding hydrogens is 274 g/mol. The van der Waals surface area contributed by atoms with Crippen LogP contribution in [0, 0.1) is 0 Å². The Balaban J connectivity index is 1.76. The fraction of sp³-hybridized carbons (Fsp3) is 0.500. The molecule has 3 rings (SSSR count). The highest BCUT2D eigenvalue weighted by atomic mass is 16.5. The minimum Gasteiger partial charge on any atom is -0.506 e. The smallest absolute Gasteiger partial charge is 0.256 e. The molecule has 1 atom stereocenters. The van der Waals surface area contributed by atoms with Crippen molar-refractivity contribution in [2.45, 2.75) is 24.9 Å². The molecule has 1 unspecified atom stereocenters. The lowest BCUT2D eigenvalue weighted by Crippen LogP contribution is -2.56. The van der Waals surface area contributed by atoms with E-state index >= 15 is 0 Å². The molecule has 2 amide bonds. The molecule has 2 heterocycles. The van der Waals surface area contributed by atoms with E-state index in [1.165, 1.54) is 23.4 Å². The minimum absolute atomic E-state index is 0.0758. The molecule has 7 heteroatoms. The Morgan fingerprint density at radius 3 is 2.90 bits per heavy atom. The summed E-state index contributed by atoms with van der Waals surface area (Å²) in [5, 5.41) is 12.3. The van der Waals surface area contributed by atoms with Gasteiger partial charge >= 0.3 is 0 Å². The Labute approximate surface area is 121 Å². The van der Waals surface area contributed by atoms with Crippen molar-refractivity contribution in [3.63, 3.8) is 0 Å². The van der Waals surface area contributed by atoms with Crippen LogP contribution in [-0.4, -0.2) is 58.6 Å². The number of morpholine rings is 1. The van der Waals surface area contributed by atoms with Crippen LogP contribution in [0.5, 0.6) is 5.75 Å². The summed E-state index contributed by atoms with van der Waals surface area (Å²) in [5.74, 6) is -0.579. The lowest BCUT2D eigenvalue weighted by Gasteiger charge is -2.34. The van der Waals surface area contributed by atoms with Gasteiger partial charge in [-0.1, -0.05) is 0 Å². The first-order chi connectivity index (χ1) is 10.1. The zero-order valence-corrected chi connectivity index (χ0v) is 11.5. The Bertz CT molecular complexity index is 559. The highest BCUT2D eigenvalue weighted by molar-refractivity contribution is 5.97. The van der Waals surface area contributed by atoms with Crippen LogP contribution in [0.2, 0.25) is 0 Å².